The lowest BCUT2D eigenvalue weighted by molar-refractivity contribution is 0.0934. The number of nitrogens with zero attached hydrogens (tertiary/aromatic N) is 1. The van der Waals surface area contributed by atoms with Crippen LogP contribution in [-0.4, -0.2) is 16.9 Å². The molecule has 3 nitrogen and oxygen atoms in total. The first-order chi connectivity index (χ1) is 13.0. The Bertz CT molecular complexity index is 880. The summed E-state index contributed by atoms with van der Waals surface area (Å²) in [4.78, 5) is 16.5. The first-order valence-electron chi connectivity index (χ1n) is 8.74. The Morgan fingerprint density at radius 2 is 1.48 bits per heavy atom. The Hall–Kier alpha value is -2.36. The first kappa shape index (κ1) is 19.4. The zero-order valence-electron chi connectivity index (χ0n) is 14.9. The third-order valence-electron chi connectivity index (χ3n) is 4.57. The predicted octanol–water partition coefficient (Wildman–Crippen LogP) is 5.53. The van der Waals surface area contributed by atoms with Gasteiger partial charge in [-0.2, -0.15) is 0 Å². The molecule has 0 saturated heterocycles. The molecule has 1 amide bonds. The topological polar surface area (TPSA) is 42.0 Å². The van der Waals surface area contributed by atoms with Crippen molar-refractivity contribution in [1.82, 2.24) is 10.3 Å². The number of carbonyl (C=O) groups is 1. The molecule has 0 fully saturated rings. The van der Waals surface area contributed by atoms with Crippen LogP contribution < -0.4 is 5.32 Å². The summed E-state index contributed by atoms with van der Waals surface area (Å²) in [7, 11) is 0. The molecule has 1 N–H and O–H groups in total. The molecule has 2 unspecified atom stereocenters. The smallest absolute Gasteiger partial charge is 0.251 e. The van der Waals surface area contributed by atoms with Crippen molar-refractivity contribution in [2.45, 2.75) is 25.3 Å². The van der Waals surface area contributed by atoms with Crippen LogP contribution in [0, 0.1) is 0 Å². The zero-order chi connectivity index (χ0) is 19.2. The molecule has 0 aliphatic carbocycles. The lowest BCUT2D eigenvalue weighted by Crippen LogP contribution is -2.37. The van der Waals surface area contributed by atoms with E-state index in [4.69, 9.17) is 23.2 Å². The maximum absolute atomic E-state index is 12.6. The van der Waals surface area contributed by atoms with E-state index >= 15 is 0 Å². The average Bonchev–Trinajstić information content (AvgIpc) is 2.69. The number of benzene rings is 2. The van der Waals surface area contributed by atoms with Gasteiger partial charge in [0.05, 0.1) is 0 Å². The van der Waals surface area contributed by atoms with Gasteiger partial charge in [-0.15, -0.1) is 0 Å². The molecule has 0 saturated carbocycles. The molecular weight excluding hydrogens is 379 g/mol. The van der Waals surface area contributed by atoms with E-state index in [2.05, 4.69) is 10.3 Å². The molecule has 0 radical (unpaired) electrons. The van der Waals surface area contributed by atoms with E-state index in [-0.39, 0.29) is 17.9 Å². The third kappa shape index (κ3) is 5.31. The minimum absolute atomic E-state index is 0.0810. The van der Waals surface area contributed by atoms with Crippen molar-refractivity contribution in [3.63, 3.8) is 0 Å². The van der Waals surface area contributed by atoms with Crippen LogP contribution >= 0.6 is 23.2 Å². The van der Waals surface area contributed by atoms with Crippen LogP contribution in [0.3, 0.4) is 0 Å². The second-order valence-electron chi connectivity index (χ2n) is 6.49. The summed E-state index contributed by atoms with van der Waals surface area (Å²) in [6, 6.07) is 18.9. The number of rotatable bonds is 6. The van der Waals surface area contributed by atoms with E-state index < -0.39 is 0 Å². The molecule has 3 rings (SSSR count). The maximum atomic E-state index is 12.6. The fraction of sp³-hybridized carbons (Fsp3) is 0.182. The lowest BCUT2D eigenvalue weighted by Gasteiger charge is -2.26. The standard InChI is InChI=1S/C22H20Cl2N2O/c1-15(26-22(27)18-10-12-25-13-11-18)21(17-4-8-20(24)9-5-17)14-16-2-6-19(23)7-3-16/h2-13,15,21H,14H2,1H3,(H,26,27). The van der Waals surface area contributed by atoms with Crippen LogP contribution in [0.15, 0.2) is 73.1 Å². The van der Waals surface area contributed by atoms with Gasteiger partial charge in [-0.25, -0.2) is 0 Å². The van der Waals surface area contributed by atoms with Gasteiger partial charge in [0, 0.05) is 40.0 Å². The van der Waals surface area contributed by atoms with Crippen LogP contribution in [-0.2, 0) is 6.42 Å². The predicted molar refractivity (Wildman–Crippen MR) is 111 cm³/mol. The van der Waals surface area contributed by atoms with Crippen LogP contribution in [0.4, 0.5) is 0 Å². The molecule has 0 aliphatic rings. The minimum atomic E-state index is -0.111. The molecule has 3 aromatic rings. The molecule has 138 valence electrons. The fourth-order valence-electron chi connectivity index (χ4n) is 3.06. The van der Waals surface area contributed by atoms with Crippen LogP contribution in [0.25, 0.3) is 0 Å². The Labute approximate surface area is 169 Å². The Balaban J connectivity index is 1.82. The Morgan fingerprint density at radius 3 is 2.07 bits per heavy atom. The van der Waals surface area contributed by atoms with Gasteiger partial charge >= 0.3 is 0 Å². The van der Waals surface area contributed by atoms with E-state index in [1.165, 1.54) is 0 Å². The van der Waals surface area contributed by atoms with Crippen molar-refractivity contribution in [1.29, 1.82) is 0 Å². The van der Waals surface area contributed by atoms with Crippen molar-refractivity contribution in [3.05, 3.63) is 99.8 Å². The molecule has 1 heterocycles. The van der Waals surface area contributed by atoms with Gasteiger partial charge in [0.25, 0.3) is 5.91 Å². The number of pyridine rings is 1. The van der Waals surface area contributed by atoms with Crippen molar-refractivity contribution >= 4 is 29.1 Å². The van der Waals surface area contributed by atoms with Crippen LogP contribution in [0.2, 0.25) is 10.0 Å². The summed E-state index contributed by atoms with van der Waals surface area (Å²) in [5, 5.41) is 4.52. The third-order valence-corrected chi connectivity index (χ3v) is 5.08. The van der Waals surface area contributed by atoms with E-state index in [0.29, 0.717) is 15.6 Å². The van der Waals surface area contributed by atoms with Crippen LogP contribution in [0.1, 0.15) is 34.3 Å². The highest BCUT2D eigenvalue weighted by molar-refractivity contribution is 6.30. The summed E-state index contributed by atoms with van der Waals surface area (Å²) in [6.07, 6.45) is 4.00. The highest BCUT2D eigenvalue weighted by atomic mass is 35.5. The maximum Gasteiger partial charge on any atom is 0.251 e. The van der Waals surface area contributed by atoms with Crippen LogP contribution in [0.5, 0.6) is 0 Å². The Morgan fingerprint density at radius 1 is 0.926 bits per heavy atom. The van der Waals surface area contributed by atoms with Gasteiger partial charge in [-0.1, -0.05) is 47.5 Å². The molecule has 2 aromatic carbocycles. The Kier molecular flexibility index (Phi) is 6.49. The number of hydrogen-bond donors (Lipinski definition) is 1. The van der Waals surface area contributed by atoms with E-state index in [1.807, 2.05) is 55.5 Å². The van der Waals surface area contributed by atoms with Gasteiger partial charge < -0.3 is 5.32 Å². The molecule has 0 bridgehead atoms. The molecular formula is C22H20Cl2N2O. The van der Waals surface area contributed by atoms with Gasteiger partial charge in [0.15, 0.2) is 0 Å². The average molecular weight is 399 g/mol. The van der Waals surface area contributed by atoms with Crippen molar-refractivity contribution in [3.8, 4) is 0 Å². The van der Waals surface area contributed by atoms with E-state index in [1.54, 1.807) is 24.5 Å². The monoisotopic (exact) mass is 398 g/mol. The summed E-state index contributed by atoms with van der Waals surface area (Å²) in [5.74, 6) is -0.0193. The SMILES string of the molecule is CC(NC(=O)c1ccncc1)C(Cc1ccc(Cl)cc1)c1ccc(Cl)cc1. The summed E-state index contributed by atoms with van der Waals surface area (Å²) in [6.45, 7) is 2.02. The second-order valence-corrected chi connectivity index (χ2v) is 7.36. The highest BCUT2D eigenvalue weighted by Crippen LogP contribution is 2.27. The number of hydrogen-bond acceptors (Lipinski definition) is 2. The van der Waals surface area contributed by atoms with Gasteiger partial charge in [0.2, 0.25) is 0 Å². The van der Waals surface area contributed by atoms with Gasteiger partial charge in [0.1, 0.15) is 0 Å². The number of amides is 1. The summed E-state index contributed by atoms with van der Waals surface area (Å²) >= 11 is 12.1. The largest absolute Gasteiger partial charge is 0.349 e. The highest BCUT2D eigenvalue weighted by Gasteiger charge is 2.22. The molecule has 27 heavy (non-hydrogen) atoms. The first-order valence-corrected chi connectivity index (χ1v) is 9.49. The molecule has 2 atom stereocenters. The quantitative estimate of drug-likeness (QED) is 0.592. The van der Waals surface area contributed by atoms with Crippen molar-refractivity contribution in [2.75, 3.05) is 0 Å². The zero-order valence-corrected chi connectivity index (χ0v) is 16.4. The summed E-state index contributed by atoms with van der Waals surface area (Å²) < 4.78 is 0. The lowest BCUT2D eigenvalue weighted by atomic mass is 9.86. The van der Waals surface area contributed by atoms with Crippen molar-refractivity contribution in [2.24, 2.45) is 0 Å². The van der Waals surface area contributed by atoms with Gasteiger partial charge in [-0.05, 0) is 60.9 Å². The molecule has 0 aliphatic heterocycles. The van der Waals surface area contributed by atoms with Gasteiger partial charge in [-0.3, -0.25) is 9.78 Å². The van der Waals surface area contributed by atoms with E-state index in [0.717, 1.165) is 17.5 Å². The van der Waals surface area contributed by atoms with E-state index in [9.17, 15) is 4.79 Å². The number of halogens is 2. The number of nitrogens with one attached hydrogen (secondary N) is 1. The minimum Gasteiger partial charge on any atom is -0.349 e. The fourth-order valence-corrected chi connectivity index (χ4v) is 3.31. The molecule has 5 heteroatoms. The van der Waals surface area contributed by atoms with Crippen molar-refractivity contribution < 1.29 is 4.79 Å². The number of carbonyl (C=O) groups excluding carboxylic acids is 1. The molecule has 1 aromatic heterocycles. The second kappa shape index (κ2) is 9.03. The number of aromatic nitrogens is 1. The summed E-state index contributed by atoms with van der Waals surface area (Å²) in [5.41, 5.74) is 2.87. The molecule has 0 spiro atoms. The normalized spacial score (nSPS) is 13.0.